The van der Waals surface area contributed by atoms with E-state index < -0.39 is 23.6 Å². The first kappa shape index (κ1) is 20.1. The zero-order chi connectivity index (χ0) is 18.5. The summed E-state index contributed by atoms with van der Waals surface area (Å²) in [6.45, 7) is 9.45. The third kappa shape index (κ3) is 4.54. The van der Waals surface area contributed by atoms with Crippen molar-refractivity contribution >= 4 is 29.3 Å². The second-order valence-electron chi connectivity index (χ2n) is 6.26. The first-order chi connectivity index (χ1) is 11.1. The van der Waals surface area contributed by atoms with Gasteiger partial charge < -0.3 is 15.7 Å². The number of amides is 2. The lowest BCUT2D eigenvalue weighted by molar-refractivity contribution is -0.144. The van der Waals surface area contributed by atoms with Crippen molar-refractivity contribution in [2.45, 2.75) is 38.8 Å². The number of carboxylic acids is 1. The van der Waals surface area contributed by atoms with Crippen LogP contribution in [0.15, 0.2) is 30.8 Å². The van der Waals surface area contributed by atoms with Gasteiger partial charge in [0.25, 0.3) is 0 Å². The van der Waals surface area contributed by atoms with E-state index in [9.17, 15) is 14.7 Å². The van der Waals surface area contributed by atoms with Crippen molar-refractivity contribution in [2.75, 3.05) is 12.0 Å². The van der Waals surface area contributed by atoms with Gasteiger partial charge in [0.2, 0.25) is 0 Å². The summed E-state index contributed by atoms with van der Waals surface area (Å²) in [5.74, 6) is -0.421. The number of hydrogen-bond donors (Lipinski definition) is 2. The van der Waals surface area contributed by atoms with Gasteiger partial charge in [-0.1, -0.05) is 30.4 Å². The molecular weight excluding hydrogens is 324 g/mol. The smallest absolute Gasteiger partial charge is 0.326 e. The van der Waals surface area contributed by atoms with Gasteiger partial charge in [-0.3, -0.25) is 0 Å². The Hall–Kier alpha value is -1.95. The van der Waals surface area contributed by atoms with E-state index in [2.05, 4.69) is 6.58 Å². The molecular formula is C18H26N2O3S. The fourth-order valence-electron chi connectivity index (χ4n) is 2.72. The maximum Gasteiger partial charge on any atom is 0.326 e. The topological polar surface area (TPSA) is 83.6 Å². The van der Waals surface area contributed by atoms with Crippen LogP contribution < -0.4 is 5.73 Å². The highest BCUT2D eigenvalue weighted by atomic mass is 32.2. The standard InChI is InChI=1S/C18H26N2O3S/c1-12(2)13-7-6-8-14(11-13)18(3,4)20(17(19)23)15(16(21)22)9-10-24-5/h6-8,11,15H,1,9-10H2,2-5H3,(H2,19,23)(H,21,22)/t15-/m0/s1. The average Bonchev–Trinajstić information content (AvgIpc) is 2.50. The van der Waals surface area contributed by atoms with Crippen LogP contribution in [0, 0.1) is 0 Å². The van der Waals surface area contributed by atoms with Crippen molar-refractivity contribution < 1.29 is 14.7 Å². The lowest BCUT2D eigenvalue weighted by Gasteiger charge is -2.41. The zero-order valence-electron chi connectivity index (χ0n) is 14.7. The molecule has 0 radical (unpaired) electrons. The van der Waals surface area contributed by atoms with Crippen LogP contribution in [-0.2, 0) is 10.3 Å². The van der Waals surface area contributed by atoms with Crippen molar-refractivity contribution in [1.82, 2.24) is 4.90 Å². The molecule has 132 valence electrons. The molecule has 0 aliphatic heterocycles. The second kappa shape index (κ2) is 8.24. The predicted octanol–water partition coefficient (Wildman–Crippen LogP) is 3.54. The minimum absolute atomic E-state index is 0.336. The Kier molecular flexibility index (Phi) is 6.90. The number of urea groups is 1. The molecule has 0 heterocycles. The van der Waals surface area contributed by atoms with E-state index >= 15 is 0 Å². The molecule has 0 unspecified atom stereocenters. The van der Waals surface area contributed by atoms with Crippen molar-refractivity contribution in [3.63, 3.8) is 0 Å². The van der Waals surface area contributed by atoms with Crippen molar-refractivity contribution in [2.24, 2.45) is 5.73 Å². The Morgan fingerprint density at radius 1 is 1.42 bits per heavy atom. The van der Waals surface area contributed by atoms with Crippen molar-refractivity contribution in [1.29, 1.82) is 0 Å². The Morgan fingerprint density at radius 3 is 2.50 bits per heavy atom. The van der Waals surface area contributed by atoms with Gasteiger partial charge >= 0.3 is 12.0 Å². The van der Waals surface area contributed by atoms with Gasteiger partial charge in [0.05, 0.1) is 5.54 Å². The van der Waals surface area contributed by atoms with Crippen LogP contribution in [0.1, 0.15) is 38.3 Å². The fraction of sp³-hybridized carbons (Fsp3) is 0.444. The average molecular weight is 350 g/mol. The molecule has 24 heavy (non-hydrogen) atoms. The first-order valence-corrected chi connectivity index (χ1v) is 9.09. The van der Waals surface area contributed by atoms with Crippen LogP contribution in [0.5, 0.6) is 0 Å². The quantitative estimate of drug-likeness (QED) is 0.751. The third-order valence-corrected chi connectivity index (χ3v) is 4.74. The third-order valence-electron chi connectivity index (χ3n) is 4.09. The summed E-state index contributed by atoms with van der Waals surface area (Å²) >= 11 is 1.54. The molecule has 6 heteroatoms. The largest absolute Gasteiger partial charge is 0.480 e. The summed E-state index contributed by atoms with van der Waals surface area (Å²) in [6.07, 6.45) is 2.23. The maximum absolute atomic E-state index is 12.1. The SMILES string of the molecule is C=C(C)c1cccc(C(C)(C)N(C(N)=O)[C@@H](CCSC)C(=O)O)c1. The molecule has 0 saturated heterocycles. The van der Waals surface area contributed by atoms with Crippen LogP contribution >= 0.6 is 11.8 Å². The van der Waals surface area contributed by atoms with Crippen LogP contribution in [0.4, 0.5) is 4.79 Å². The molecule has 2 amide bonds. The van der Waals surface area contributed by atoms with E-state index in [1.807, 2.05) is 51.3 Å². The Morgan fingerprint density at radius 2 is 2.04 bits per heavy atom. The van der Waals surface area contributed by atoms with Gasteiger partial charge in [0.15, 0.2) is 0 Å². The van der Waals surface area contributed by atoms with E-state index in [-0.39, 0.29) is 0 Å². The number of hydrogen-bond acceptors (Lipinski definition) is 3. The molecule has 0 aliphatic rings. The number of aliphatic carboxylic acids is 1. The van der Waals surface area contributed by atoms with Gasteiger partial charge in [-0.05, 0) is 56.4 Å². The van der Waals surface area contributed by atoms with E-state index in [1.165, 1.54) is 16.7 Å². The molecule has 1 rings (SSSR count). The Bertz CT molecular complexity index is 628. The summed E-state index contributed by atoms with van der Waals surface area (Å²) < 4.78 is 0. The minimum Gasteiger partial charge on any atom is -0.480 e. The van der Waals surface area contributed by atoms with Crippen LogP contribution in [0.25, 0.3) is 5.57 Å². The van der Waals surface area contributed by atoms with E-state index in [4.69, 9.17) is 5.73 Å². The molecule has 1 aromatic carbocycles. The highest BCUT2D eigenvalue weighted by Gasteiger charge is 2.40. The molecule has 0 saturated carbocycles. The zero-order valence-corrected chi connectivity index (χ0v) is 15.5. The minimum atomic E-state index is -1.05. The molecule has 0 aliphatic carbocycles. The van der Waals surface area contributed by atoms with Crippen molar-refractivity contribution in [3.05, 3.63) is 42.0 Å². The van der Waals surface area contributed by atoms with Gasteiger partial charge in [0.1, 0.15) is 6.04 Å². The summed E-state index contributed by atoms with van der Waals surface area (Å²) in [5.41, 5.74) is 7.37. The molecule has 5 nitrogen and oxygen atoms in total. The Balaban J connectivity index is 3.35. The number of benzene rings is 1. The number of rotatable bonds is 8. The van der Waals surface area contributed by atoms with Crippen LogP contribution in [0.2, 0.25) is 0 Å². The lowest BCUT2D eigenvalue weighted by atomic mass is 9.88. The maximum atomic E-state index is 12.1. The van der Waals surface area contributed by atoms with E-state index in [1.54, 1.807) is 0 Å². The summed E-state index contributed by atoms with van der Waals surface area (Å²) in [5, 5.41) is 9.60. The first-order valence-electron chi connectivity index (χ1n) is 7.69. The number of carboxylic acid groups (broad SMARTS) is 1. The number of nitrogens with zero attached hydrogens (tertiary/aromatic N) is 1. The summed E-state index contributed by atoms with van der Waals surface area (Å²) in [6, 6.07) is 5.88. The summed E-state index contributed by atoms with van der Waals surface area (Å²) in [7, 11) is 0. The van der Waals surface area contributed by atoms with Gasteiger partial charge in [-0.25, -0.2) is 9.59 Å². The van der Waals surface area contributed by atoms with Crippen LogP contribution in [0.3, 0.4) is 0 Å². The predicted molar refractivity (Wildman–Crippen MR) is 100 cm³/mol. The van der Waals surface area contributed by atoms with Gasteiger partial charge in [-0.15, -0.1) is 0 Å². The molecule has 3 N–H and O–H groups in total. The fourth-order valence-corrected chi connectivity index (χ4v) is 3.17. The number of nitrogens with two attached hydrogens (primary N) is 1. The van der Waals surface area contributed by atoms with Gasteiger partial charge in [0, 0.05) is 0 Å². The number of allylic oxidation sites excluding steroid dienone is 1. The highest BCUT2D eigenvalue weighted by molar-refractivity contribution is 7.98. The van der Waals surface area contributed by atoms with Gasteiger partial charge in [-0.2, -0.15) is 11.8 Å². The number of carbonyl (C=O) groups is 2. The summed E-state index contributed by atoms with van der Waals surface area (Å²) in [4.78, 5) is 25.1. The van der Waals surface area contributed by atoms with E-state index in [0.717, 1.165) is 16.7 Å². The normalized spacial score (nSPS) is 12.5. The Labute approximate surface area is 147 Å². The number of carbonyl (C=O) groups excluding carboxylic acids is 1. The van der Waals surface area contributed by atoms with E-state index in [0.29, 0.717) is 12.2 Å². The van der Waals surface area contributed by atoms with Crippen molar-refractivity contribution in [3.8, 4) is 0 Å². The molecule has 0 fully saturated rings. The number of primary amides is 1. The molecule has 0 spiro atoms. The molecule has 0 aromatic heterocycles. The lowest BCUT2D eigenvalue weighted by Crippen LogP contribution is -2.56. The highest BCUT2D eigenvalue weighted by Crippen LogP contribution is 2.32. The molecule has 1 aromatic rings. The number of thioether (sulfide) groups is 1. The molecule has 1 atom stereocenters. The van der Waals surface area contributed by atoms with Crippen LogP contribution in [-0.4, -0.2) is 40.1 Å². The monoisotopic (exact) mass is 350 g/mol. The molecule has 0 bridgehead atoms. The second-order valence-corrected chi connectivity index (χ2v) is 7.25.